The monoisotopic (exact) mass is 348 g/mol. The van der Waals surface area contributed by atoms with Crippen LogP contribution in [0.5, 0.6) is 0 Å². The van der Waals surface area contributed by atoms with Gasteiger partial charge in [0.15, 0.2) is 11.6 Å². The predicted molar refractivity (Wildman–Crippen MR) is 80.6 cm³/mol. The lowest BCUT2D eigenvalue weighted by atomic mass is 10.2. The Balaban J connectivity index is 0.00000176. The largest absolute Gasteiger partial charge is 0.440 e. The van der Waals surface area contributed by atoms with Gasteiger partial charge in [-0.15, -0.1) is 12.4 Å². The van der Waals surface area contributed by atoms with Crippen LogP contribution in [0.15, 0.2) is 26.2 Å². The first-order valence-electron chi connectivity index (χ1n) is 6.50. The fourth-order valence-electron chi connectivity index (χ4n) is 2.20. The van der Waals surface area contributed by atoms with E-state index in [2.05, 4.69) is 20.4 Å². The number of halogens is 1. The lowest BCUT2D eigenvalue weighted by Gasteiger charge is -2.30. The molecule has 1 N–H and O–H groups in total. The van der Waals surface area contributed by atoms with Crippen LogP contribution in [0.2, 0.25) is 0 Å². The SMILES string of the molecule is CN1CCNCC1c1noc(-c2ccc(S(C)(=O)=O)o2)n1.Cl. The number of nitrogens with zero attached hydrogens (tertiary/aromatic N) is 3. The van der Waals surface area contributed by atoms with E-state index in [-0.39, 0.29) is 35.2 Å². The van der Waals surface area contributed by atoms with Gasteiger partial charge in [-0.1, -0.05) is 5.16 Å². The lowest BCUT2D eigenvalue weighted by Crippen LogP contribution is -2.44. The topological polar surface area (TPSA) is 101 Å². The molecule has 3 heterocycles. The molecular weight excluding hydrogens is 332 g/mol. The van der Waals surface area contributed by atoms with Crippen molar-refractivity contribution in [1.29, 1.82) is 0 Å². The summed E-state index contributed by atoms with van der Waals surface area (Å²) >= 11 is 0. The number of hydrogen-bond acceptors (Lipinski definition) is 8. The van der Waals surface area contributed by atoms with E-state index in [4.69, 9.17) is 8.94 Å². The van der Waals surface area contributed by atoms with E-state index in [1.807, 2.05) is 7.05 Å². The fraction of sp³-hybridized carbons (Fsp3) is 0.500. The zero-order valence-corrected chi connectivity index (χ0v) is 13.8. The fourth-order valence-corrected chi connectivity index (χ4v) is 2.76. The van der Waals surface area contributed by atoms with Crippen LogP contribution in [0.25, 0.3) is 11.7 Å². The number of rotatable bonds is 3. The van der Waals surface area contributed by atoms with Gasteiger partial charge in [-0.25, -0.2) is 8.42 Å². The average Bonchev–Trinajstić information content (AvgIpc) is 3.07. The Bertz CT molecular complexity index is 742. The molecule has 0 aliphatic carbocycles. The standard InChI is InChI=1S/C12H16N4O4S.ClH/c1-16-6-5-13-7-8(16)11-14-12(20-15-11)9-3-4-10(19-9)21(2,17)18;/h3-4,8,13H,5-7H2,1-2H3;1H. The van der Waals surface area contributed by atoms with Gasteiger partial charge in [0, 0.05) is 25.9 Å². The molecule has 1 atom stereocenters. The first kappa shape index (κ1) is 16.9. The molecular formula is C12H17ClN4O4S. The minimum Gasteiger partial charge on any atom is -0.440 e. The Morgan fingerprint density at radius 2 is 2.18 bits per heavy atom. The second kappa shape index (κ2) is 6.37. The smallest absolute Gasteiger partial charge is 0.293 e. The minimum atomic E-state index is -3.39. The van der Waals surface area contributed by atoms with Gasteiger partial charge < -0.3 is 14.3 Å². The van der Waals surface area contributed by atoms with Crippen LogP contribution in [0.1, 0.15) is 11.9 Å². The van der Waals surface area contributed by atoms with Gasteiger partial charge in [-0.2, -0.15) is 4.98 Å². The van der Waals surface area contributed by atoms with E-state index in [0.717, 1.165) is 25.9 Å². The molecule has 2 aromatic rings. The molecule has 22 heavy (non-hydrogen) atoms. The Hall–Kier alpha value is -1.42. The summed E-state index contributed by atoms with van der Waals surface area (Å²) in [4.78, 5) is 6.44. The van der Waals surface area contributed by atoms with Gasteiger partial charge >= 0.3 is 0 Å². The number of nitrogens with one attached hydrogen (secondary N) is 1. The third-order valence-electron chi connectivity index (χ3n) is 3.41. The second-order valence-electron chi connectivity index (χ2n) is 5.05. The normalized spacial score (nSPS) is 19.8. The molecule has 122 valence electrons. The number of aromatic nitrogens is 2. The molecule has 0 bridgehead atoms. The lowest BCUT2D eigenvalue weighted by molar-refractivity contribution is 0.190. The van der Waals surface area contributed by atoms with E-state index in [0.29, 0.717) is 5.82 Å². The summed E-state index contributed by atoms with van der Waals surface area (Å²) in [7, 11) is -1.39. The van der Waals surface area contributed by atoms with Crippen molar-refractivity contribution >= 4 is 22.2 Å². The second-order valence-corrected chi connectivity index (χ2v) is 7.00. The van der Waals surface area contributed by atoms with Crippen LogP contribution in [0.3, 0.4) is 0 Å². The van der Waals surface area contributed by atoms with Crippen molar-refractivity contribution in [2.24, 2.45) is 0 Å². The van der Waals surface area contributed by atoms with Crippen molar-refractivity contribution in [2.75, 3.05) is 32.9 Å². The highest BCUT2D eigenvalue weighted by Gasteiger charge is 2.26. The van der Waals surface area contributed by atoms with Crippen molar-refractivity contribution in [1.82, 2.24) is 20.4 Å². The van der Waals surface area contributed by atoms with Crippen LogP contribution in [0, 0.1) is 0 Å². The zero-order chi connectivity index (χ0) is 15.0. The van der Waals surface area contributed by atoms with Gasteiger partial charge in [0.1, 0.15) is 0 Å². The molecule has 0 spiro atoms. The van der Waals surface area contributed by atoms with E-state index >= 15 is 0 Å². The molecule has 1 aliphatic heterocycles. The summed E-state index contributed by atoms with van der Waals surface area (Å²) in [5.74, 6) is 0.983. The molecule has 0 aromatic carbocycles. The van der Waals surface area contributed by atoms with Gasteiger partial charge in [0.05, 0.1) is 6.04 Å². The molecule has 2 aromatic heterocycles. The summed E-state index contributed by atoms with van der Waals surface area (Å²) in [5, 5.41) is 7.11. The maximum atomic E-state index is 11.4. The van der Waals surface area contributed by atoms with Crippen LogP contribution in [0.4, 0.5) is 0 Å². The first-order valence-corrected chi connectivity index (χ1v) is 8.39. The molecule has 1 fully saturated rings. The number of likely N-dealkylation sites (N-methyl/N-ethyl adjacent to an activating group) is 1. The van der Waals surface area contributed by atoms with Crippen molar-refractivity contribution < 1.29 is 17.4 Å². The highest BCUT2D eigenvalue weighted by atomic mass is 35.5. The third-order valence-corrected chi connectivity index (χ3v) is 4.36. The zero-order valence-electron chi connectivity index (χ0n) is 12.1. The van der Waals surface area contributed by atoms with E-state index in [1.165, 1.54) is 12.1 Å². The molecule has 10 heteroatoms. The average molecular weight is 349 g/mol. The third kappa shape index (κ3) is 3.32. The molecule has 1 aliphatic rings. The maximum Gasteiger partial charge on any atom is 0.293 e. The Morgan fingerprint density at radius 1 is 1.41 bits per heavy atom. The highest BCUT2D eigenvalue weighted by Crippen LogP contribution is 2.25. The summed E-state index contributed by atoms with van der Waals surface area (Å²) in [5.41, 5.74) is 0. The quantitative estimate of drug-likeness (QED) is 0.866. The number of furan rings is 1. The first-order chi connectivity index (χ1) is 9.95. The van der Waals surface area contributed by atoms with Crippen LogP contribution < -0.4 is 5.32 Å². The highest BCUT2D eigenvalue weighted by molar-refractivity contribution is 7.90. The Kier molecular flexibility index (Phi) is 4.90. The van der Waals surface area contributed by atoms with Crippen molar-refractivity contribution in [2.45, 2.75) is 11.1 Å². The van der Waals surface area contributed by atoms with E-state index in [9.17, 15) is 8.42 Å². The van der Waals surface area contributed by atoms with Gasteiger partial charge in [-0.3, -0.25) is 4.90 Å². The predicted octanol–water partition coefficient (Wildman–Crippen LogP) is 0.731. The van der Waals surface area contributed by atoms with E-state index < -0.39 is 9.84 Å². The molecule has 8 nitrogen and oxygen atoms in total. The Morgan fingerprint density at radius 3 is 2.82 bits per heavy atom. The van der Waals surface area contributed by atoms with Crippen LogP contribution in [-0.4, -0.2) is 56.4 Å². The molecule has 0 radical (unpaired) electrons. The number of hydrogen-bond donors (Lipinski definition) is 1. The minimum absolute atomic E-state index is 0. The molecule has 0 amide bonds. The van der Waals surface area contributed by atoms with Crippen molar-refractivity contribution in [3.05, 3.63) is 18.0 Å². The summed E-state index contributed by atoms with van der Waals surface area (Å²) in [6.07, 6.45) is 1.08. The molecule has 0 saturated carbocycles. The Labute approximate surface area is 134 Å². The van der Waals surface area contributed by atoms with Crippen LogP contribution >= 0.6 is 12.4 Å². The van der Waals surface area contributed by atoms with Gasteiger partial charge in [0.25, 0.3) is 5.89 Å². The number of sulfone groups is 1. The molecule has 1 saturated heterocycles. The van der Waals surface area contributed by atoms with Gasteiger partial charge in [0.2, 0.25) is 14.9 Å². The van der Waals surface area contributed by atoms with E-state index in [1.54, 1.807) is 0 Å². The van der Waals surface area contributed by atoms with Crippen LogP contribution in [-0.2, 0) is 9.84 Å². The maximum absolute atomic E-state index is 11.4. The molecule has 3 rings (SSSR count). The summed E-state index contributed by atoms with van der Waals surface area (Å²) in [6, 6.07) is 2.92. The summed E-state index contributed by atoms with van der Waals surface area (Å²) in [6.45, 7) is 2.56. The summed E-state index contributed by atoms with van der Waals surface area (Å²) < 4.78 is 33.2. The van der Waals surface area contributed by atoms with Gasteiger partial charge in [-0.05, 0) is 19.2 Å². The molecule has 1 unspecified atom stereocenters. The van der Waals surface area contributed by atoms with Crippen molar-refractivity contribution in [3.8, 4) is 11.7 Å². The number of piperazine rings is 1. The van der Waals surface area contributed by atoms with Crippen molar-refractivity contribution in [3.63, 3.8) is 0 Å².